The van der Waals surface area contributed by atoms with E-state index >= 15 is 0 Å². The predicted molar refractivity (Wildman–Crippen MR) is 87.7 cm³/mol. The standard InChI is InChI=1S/C18H11ClSe/c19-16-10-8-14(9-11-16)12-13-20-18-7-3-5-15-4-1-2-6-17(15)18/h1-11H. The first kappa shape index (κ1) is 13.3. The van der Waals surface area contributed by atoms with Crippen LogP contribution < -0.4 is 4.46 Å². The zero-order valence-electron chi connectivity index (χ0n) is 10.6. The summed E-state index contributed by atoms with van der Waals surface area (Å²) in [5.41, 5.74) is 1.01. The van der Waals surface area contributed by atoms with Gasteiger partial charge < -0.3 is 0 Å². The fourth-order valence-corrected chi connectivity index (χ4v) is 3.60. The molecule has 0 nitrogen and oxygen atoms in total. The van der Waals surface area contributed by atoms with Crippen LogP contribution in [-0.4, -0.2) is 15.0 Å². The Balaban J connectivity index is 1.86. The van der Waals surface area contributed by atoms with E-state index in [4.69, 9.17) is 11.6 Å². The van der Waals surface area contributed by atoms with Crippen LogP contribution in [0.4, 0.5) is 0 Å². The summed E-state index contributed by atoms with van der Waals surface area (Å²) < 4.78 is 1.33. The first-order valence-corrected chi connectivity index (χ1v) is 8.33. The van der Waals surface area contributed by atoms with E-state index in [1.807, 2.05) is 24.3 Å². The van der Waals surface area contributed by atoms with Crippen molar-refractivity contribution >= 4 is 41.8 Å². The third-order valence-electron chi connectivity index (χ3n) is 2.95. The number of hydrogen-bond donors (Lipinski definition) is 0. The van der Waals surface area contributed by atoms with Crippen LogP contribution >= 0.6 is 11.6 Å². The van der Waals surface area contributed by atoms with Gasteiger partial charge in [-0.15, -0.1) is 0 Å². The maximum atomic E-state index is 5.86. The van der Waals surface area contributed by atoms with E-state index < -0.39 is 0 Å². The summed E-state index contributed by atoms with van der Waals surface area (Å²) >= 11 is 6.02. The normalized spacial score (nSPS) is 10.1. The van der Waals surface area contributed by atoms with Gasteiger partial charge in [0.25, 0.3) is 0 Å². The quantitative estimate of drug-likeness (QED) is 0.466. The summed E-state index contributed by atoms with van der Waals surface area (Å²) in [6, 6.07) is 22.5. The first-order valence-electron chi connectivity index (χ1n) is 6.24. The number of halogens is 1. The molecule has 0 saturated heterocycles. The second-order valence-corrected chi connectivity index (χ2v) is 6.53. The Hall–Kier alpha value is -1.71. The Kier molecular flexibility index (Phi) is 4.09. The van der Waals surface area contributed by atoms with Gasteiger partial charge in [0, 0.05) is 0 Å². The van der Waals surface area contributed by atoms with E-state index in [-0.39, 0.29) is 15.0 Å². The summed E-state index contributed by atoms with van der Waals surface area (Å²) in [7, 11) is 0. The molecule has 0 heterocycles. The molecule has 0 amide bonds. The number of hydrogen-bond acceptors (Lipinski definition) is 0. The fraction of sp³-hybridized carbons (Fsp3) is 0. The van der Waals surface area contributed by atoms with Crippen molar-refractivity contribution in [2.45, 2.75) is 0 Å². The summed E-state index contributed by atoms with van der Waals surface area (Å²) in [5, 5.41) is 3.33. The molecule has 96 valence electrons. The summed E-state index contributed by atoms with van der Waals surface area (Å²) in [6.07, 6.45) is 0. The van der Waals surface area contributed by atoms with Crippen molar-refractivity contribution in [3.8, 4) is 10.7 Å². The van der Waals surface area contributed by atoms with Gasteiger partial charge in [-0.3, -0.25) is 0 Å². The third kappa shape index (κ3) is 3.06. The van der Waals surface area contributed by atoms with E-state index in [0.29, 0.717) is 0 Å². The van der Waals surface area contributed by atoms with Crippen LogP contribution in [0, 0.1) is 10.7 Å². The molecule has 3 rings (SSSR count). The van der Waals surface area contributed by atoms with Crippen molar-refractivity contribution in [2.75, 3.05) is 0 Å². The summed E-state index contributed by atoms with van der Waals surface area (Å²) in [5.74, 6) is 3.20. The molecular weight excluding hydrogens is 331 g/mol. The Labute approximate surface area is 129 Å². The summed E-state index contributed by atoms with van der Waals surface area (Å²) in [6.45, 7) is 0. The monoisotopic (exact) mass is 342 g/mol. The molecule has 0 N–H and O–H groups in total. The molecule has 0 aliphatic heterocycles. The van der Waals surface area contributed by atoms with Gasteiger partial charge >= 0.3 is 130 Å². The molecule has 20 heavy (non-hydrogen) atoms. The molecule has 3 aromatic carbocycles. The molecule has 3 aromatic rings. The van der Waals surface area contributed by atoms with Crippen molar-refractivity contribution in [1.29, 1.82) is 0 Å². The van der Waals surface area contributed by atoms with Gasteiger partial charge in [0.1, 0.15) is 0 Å². The molecule has 0 atom stereocenters. The van der Waals surface area contributed by atoms with Gasteiger partial charge in [0.05, 0.1) is 0 Å². The van der Waals surface area contributed by atoms with Crippen molar-refractivity contribution in [2.24, 2.45) is 0 Å². The molecule has 0 bridgehead atoms. The number of benzene rings is 3. The molecule has 0 unspecified atom stereocenters. The van der Waals surface area contributed by atoms with Gasteiger partial charge in [-0.1, -0.05) is 0 Å². The van der Waals surface area contributed by atoms with Crippen LogP contribution in [0.3, 0.4) is 0 Å². The molecule has 0 spiro atoms. The minimum atomic E-state index is 0.153. The van der Waals surface area contributed by atoms with Gasteiger partial charge in [0.2, 0.25) is 0 Å². The van der Waals surface area contributed by atoms with Crippen molar-refractivity contribution < 1.29 is 0 Å². The second-order valence-electron chi connectivity index (χ2n) is 4.31. The van der Waals surface area contributed by atoms with E-state index in [1.54, 1.807) is 0 Å². The molecule has 0 aromatic heterocycles. The molecule has 0 fully saturated rings. The van der Waals surface area contributed by atoms with Gasteiger partial charge in [-0.25, -0.2) is 0 Å². The zero-order chi connectivity index (χ0) is 13.8. The Morgan fingerprint density at radius 3 is 2.40 bits per heavy atom. The van der Waals surface area contributed by atoms with Crippen molar-refractivity contribution in [3.63, 3.8) is 0 Å². The molecule has 2 heteroatoms. The van der Waals surface area contributed by atoms with Crippen LogP contribution in [0.5, 0.6) is 0 Å². The molecule has 0 aliphatic rings. The minimum absolute atomic E-state index is 0.153. The van der Waals surface area contributed by atoms with Gasteiger partial charge in [0.15, 0.2) is 0 Å². The van der Waals surface area contributed by atoms with Crippen LogP contribution in [0.2, 0.25) is 5.02 Å². The number of rotatable bonds is 1. The molecule has 0 radical (unpaired) electrons. The topological polar surface area (TPSA) is 0 Å². The van der Waals surface area contributed by atoms with E-state index in [0.717, 1.165) is 10.6 Å². The Bertz CT molecular complexity index is 790. The average molecular weight is 342 g/mol. The SMILES string of the molecule is Clc1ccc(C#C[Se]c2cccc3ccccc23)cc1. The maximum absolute atomic E-state index is 5.86. The van der Waals surface area contributed by atoms with E-state index in [9.17, 15) is 0 Å². The molecular formula is C18H11ClSe. The van der Waals surface area contributed by atoms with Crippen molar-refractivity contribution in [1.82, 2.24) is 0 Å². The van der Waals surface area contributed by atoms with Crippen LogP contribution in [0.15, 0.2) is 66.7 Å². The Morgan fingerprint density at radius 2 is 1.55 bits per heavy atom. The predicted octanol–water partition coefficient (Wildman–Crippen LogP) is 3.83. The zero-order valence-corrected chi connectivity index (χ0v) is 13.1. The van der Waals surface area contributed by atoms with E-state index in [1.165, 1.54) is 15.2 Å². The average Bonchev–Trinajstić information content (AvgIpc) is 2.49. The summed E-state index contributed by atoms with van der Waals surface area (Å²) in [4.78, 5) is 3.30. The Morgan fingerprint density at radius 1 is 0.800 bits per heavy atom. The van der Waals surface area contributed by atoms with Crippen LogP contribution in [0.25, 0.3) is 10.8 Å². The van der Waals surface area contributed by atoms with Crippen LogP contribution in [-0.2, 0) is 0 Å². The second kappa shape index (κ2) is 6.16. The number of fused-ring (bicyclic) bond motifs is 1. The molecule has 0 aliphatic carbocycles. The first-order chi connectivity index (χ1) is 9.83. The third-order valence-corrected chi connectivity index (χ3v) is 4.84. The van der Waals surface area contributed by atoms with Crippen LogP contribution in [0.1, 0.15) is 5.56 Å². The van der Waals surface area contributed by atoms with Gasteiger partial charge in [-0.05, 0) is 0 Å². The van der Waals surface area contributed by atoms with Gasteiger partial charge in [-0.2, -0.15) is 0 Å². The molecule has 0 saturated carbocycles. The van der Waals surface area contributed by atoms with E-state index in [2.05, 4.69) is 53.2 Å². The fourth-order valence-electron chi connectivity index (χ4n) is 1.96. The van der Waals surface area contributed by atoms with Crippen molar-refractivity contribution in [3.05, 3.63) is 77.3 Å².